The van der Waals surface area contributed by atoms with Crippen molar-refractivity contribution < 1.29 is 13.2 Å². The lowest BCUT2D eigenvalue weighted by Gasteiger charge is -2.62. The Kier molecular flexibility index (Phi) is 5.61. The predicted octanol–water partition coefficient (Wildman–Crippen LogP) is 4.80. The molecule has 2 aromatic rings. The van der Waals surface area contributed by atoms with Gasteiger partial charge in [0, 0.05) is 19.1 Å². The molecule has 1 amide bonds. The van der Waals surface area contributed by atoms with Crippen molar-refractivity contribution in [2.24, 2.45) is 17.3 Å². The van der Waals surface area contributed by atoms with Gasteiger partial charge < -0.3 is 4.90 Å². The van der Waals surface area contributed by atoms with Crippen LogP contribution in [0.4, 0.5) is 0 Å². The van der Waals surface area contributed by atoms with E-state index in [1.54, 1.807) is 24.3 Å². The van der Waals surface area contributed by atoms with Gasteiger partial charge in [-0.15, -0.1) is 0 Å². The summed E-state index contributed by atoms with van der Waals surface area (Å²) < 4.78 is 28.4. The number of carbonyl (C=O) groups excluding carboxylic acids is 1. The fraction of sp³-hybridized carbons (Fsp3) is 0.552. The lowest BCUT2D eigenvalue weighted by Crippen LogP contribution is -2.60. The molecule has 2 atom stereocenters. The molecule has 1 N–H and O–H groups in total. The van der Waals surface area contributed by atoms with Gasteiger partial charge in [-0.25, -0.2) is 13.1 Å². The van der Waals surface area contributed by atoms with Crippen LogP contribution in [-0.2, 0) is 20.2 Å². The zero-order valence-corrected chi connectivity index (χ0v) is 21.4. The van der Waals surface area contributed by atoms with E-state index >= 15 is 0 Å². The molecule has 1 heterocycles. The second-order valence-electron chi connectivity index (χ2n) is 11.9. The normalized spacial score (nSPS) is 32.7. The second-order valence-corrected chi connectivity index (χ2v) is 13.6. The first-order valence-corrected chi connectivity index (χ1v) is 14.7. The maximum absolute atomic E-state index is 14.1. The van der Waals surface area contributed by atoms with E-state index in [2.05, 4.69) is 40.8 Å². The summed E-state index contributed by atoms with van der Waals surface area (Å²) in [6, 6.07) is 17.5. The molecule has 5 aliphatic rings. The summed E-state index contributed by atoms with van der Waals surface area (Å²) in [6.07, 6.45) is 8.14. The first-order valence-electron chi connectivity index (χ1n) is 13.2. The molecule has 7 rings (SSSR count). The SMILES string of the molecule is Cc1ccc(C23CC4CC(CC(C(=O)N5CCC(NS(=O)(=O)c6ccccc6)CC5)(C4)C2)C3)cc1. The average Bonchev–Trinajstić information content (AvgIpc) is 2.84. The van der Waals surface area contributed by atoms with Gasteiger partial charge in [-0.1, -0.05) is 48.0 Å². The molecule has 4 aliphatic carbocycles. The topological polar surface area (TPSA) is 66.5 Å². The molecule has 1 aliphatic heterocycles. The second kappa shape index (κ2) is 8.45. The number of nitrogens with one attached hydrogen (secondary N) is 1. The Morgan fingerprint density at radius 2 is 1.54 bits per heavy atom. The molecular formula is C29H36N2O3S. The van der Waals surface area contributed by atoms with Crippen LogP contribution in [0.25, 0.3) is 0 Å². The van der Waals surface area contributed by atoms with Gasteiger partial charge in [-0.2, -0.15) is 0 Å². The van der Waals surface area contributed by atoms with Crippen LogP contribution < -0.4 is 4.72 Å². The Labute approximate surface area is 209 Å². The van der Waals surface area contributed by atoms with Gasteiger partial charge in [0.25, 0.3) is 0 Å². The van der Waals surface area contributed by atoms with Crippen molar-refractivity contribution in [1.29, 1.82) is 0 Å². The Hall–Kier alpha value is -2.18. The number of sulfonamides is 1. The Morgan fingerprint density at radius 1 is 0.914 bits per heavy atom. The first-order chi connectivity index (χ1) is 16.8. The van der Waals surface area contributed by atoms with Crippen LogP contribution >= 0.6 is 0 Å². The summed E-state index contributed by atoms with van der Waals surface area (Å²) in [7, 11) is -3.53. The minimum atomic E-state index is -3.53. The number of hydrogen-bond acceptors (Lipinski definition) is 3. The number of carbonyl (C=O) groups is 1. The minimum absolute atomic E-state index is 0.125. The van der Waals surface area contributed by atoms with E-state index in [0.29, 0.717) is 48.6 Å². The highest BCUT2D eigenvalue weighted by molar-refractivity contribution is 7.89. The van der Waals surface area contributed by atoms with Crippen LogP contribution in [0.5, 0.6) is 0 Å². The third-order valence-electron chi connectivity index (χ3n) is 9.34. The van der Waals surface area contributed by atoms with Gasteiger partial charge in [0.05, 0.1) is 10.3 Å². The molecular weight excluding hydrogens is 456 g/mol. The van der Waals surface area contributed by atoms with E-state index in [9.17, 15) is 13.2 Å². The van der Waals surface area contributed by atoms with Gasteiger partial charge in [0.15, 0.2) is 0 Å². The summed E-state index contributed by atoms with van der Waals surface area (Å²) in [5.74, 6) is 1.64. The van der Waals surface area contributed by atoms with Crippen LogP contribution in [0.2, 0.25) is 0 Å². The molecule has 2 aromatic carbocycles. The van der Waals surface area contributed by atoms with Gasteiger partial charge in [-0.3, -0.25) is 4.79 Å². The van der Waals surface area contributed by atoms with Gasteiger partial charge in [-0.05, 0) is 93.2 Å². The predicted molar refractivity (Wildman–Crippen MR) is 136 cm³/mol. The van der Waals surface area contributed by atoms with Crippen molar-refractivity contribution in [3.05, 3.63) is 65.7 Å². The number of nitrogens with zero attached hydrogens (tertiary/aromatic N) is 1. The largest absolute Gasteiger partial charge is 0.342 e. The monoisotopic (exact) mass is 492 g/mol. The third kappa shape index (κ3) is 4.13. The maximum atomic E-state index is 14.1. The summed E-state index contributed by atoms with van der Waals surface area (Å²) in [5.41, 5.74) is 2.64. The molecule has 1 saturated heterocycles. The molecule has 0 radical (unpaired) electrons. The fourth-order valence-corrected chi connectivity index (χ4v) is 9.51. The number of benzene rings is 2. The molecule has 0 spiro atoms. The number of piperidine rings is 1. The van der Waals surface area contributed by atoms with Crippen LogP contribution in [0.1, 0.15) is 62.5 Å². The summed E-state index contributed by atoms with van der Waals surface area (Å²) in [6.45, 7) is 3.41. The summed E-state index contributed by atoms with van der Waals surface area (Å²) in [5, 5.41) is 0. The highest BCUT2D eigenvalue weighted by Crippen LogP contribution is 2.66. The number of amides is 1. The Morgan fingerprint density at radius 3 is 2.17 bits per heavy atom. The molecule has 5 nitrogen and oxygen atoms in total. The van der Waals surface area contributed by atoms with Gasteiger partial charge in [0.1, 0.15) is 0 Å². The van der Waals surface area contributed by atoms with Crippen molar-refractivity contribution in [1.82, 2.24) is 9.62 Å². The molecule has 5 fully saturated rings. The minimum Gasteiger partial charge on any atom is -0.342 e. The van der Waals surface area contributed by atoms with Crippen LogP contribution in [0.15, 0.2) is 59.5 Å². The average molecular weight is 493 g/mol. The van der Waals surface area contributed by atoms with E-state index in [-0.39, 0.29) is 16.9 Å². The van der Waals surface area contributed by atoms with E-state index in [0.717, 1.165) is 19.3 Å². The van der Waals surface area contributed by atoms with E-state index in [4.69, 9.17) is 0 Å². The van der Waals surface area contributed by atoms with Crippen LogP contribution in [-0.4, -0.2) is 38.4 Å². The standard InChI is InChI=1S/C29H36N2O3S/c1-21-7-9-24(10-8-21)28-16-22-15-23(17-28)19-29(18-22,20-28)27(32)31-13-11-25(12-14-31)30-35(33,34)26-5-3-2-4-6-26/h2-10,22-23,25,30H,11-20H2,1H3. The van der Waals surface area contributed by atoms with E-state index < -0.39 is 10.0 Å². The van der Waals surface area contributed by atoms with E-state index in [1.807, 2.05) is 6.07 Å². The lowest BCUT2D eigenvalue weighted by molar-refractivity contribution is -0.161. The number of likely N-dealkylation sites (tertiary alicyclic amines) is 1. The van der Waals surface area contributed by atoms with Crippen LogP contribution in [0, 0.1) is 24.2 Å². The van der Waals surface area contributed by atoms with Crippen molar-refractivity contribution in [2.75, 3.05) is 13.1 Å². The maximum Gasteiger partial charge on any atom is 0.240 e. The van der Waals surface area contributed by atoms with Gasteiger partial charge >= 0.3 is 0 Å². The number of aryl methyl sites for hydroxylation is 1. The summed E-state index contributed by atoms with van der Waals surface area (Å²) in [4.78, 5) is 16.4. The quantitative estimate of drug-likeness (QED) is 0.652. The lowest BCUT2D eigenvalue weighted by atomic mass is 9.42. The molecule has 4 bridgehead atoms. The zero-order chi connectivity index (χ0) is 24.3. The van der Waals surface area contributed by atoms with E-state index in [1.165, 1.54) is 30.4 Å². The molecule has 4 saturated carbocycles. The Balaban J connectivity index is 1.16. The Bertz CT molecular complexity index is 1190. The van der Waals surface area contributed by atoms with Crippen molar-refractivity contribution >= 4 is 15.9 Å². The van der Waals surface area contributed by atoms with Crippen LogP contribution in [0.3, 0.4) is 0 Å². The van der Waals surface area contributed by atoms with Gasteiger partial charge in [0.2, 0.25) is 15.9 Å². The van der Waals surface area contributed by atoms with Crippen molar-refractivity contribution in [2.45, 2.75) is 74.6 Å². The highest BCUT2D eigenvalue weighted by atomic mass is 32.2. The highest BCUT2D eigenvalue weighted by Gasteiger charge is 2.61. The van der Waals surface area contributed by atoms with Crippen molar-refractivity contribution in [3.8, 4) is 0 Å². The fourth-order valence-electron chi connectivity index (χ4n) is 8.18. The molecule has 186 valence electrons. The number of rotatable bonds is 5. The molecule has 2 unspecified atom stereocenters. The third-order valence-corrected chi connectivity index (χ3v) is 10.9. The molecule has 35 heavy (non-hydrogen) atoms. The first kappa shape index (κ1) is 23.2. The number of hydrogen-bond donors (Lipinski definition) is 1. The molecule has 6 heteroatoms. The smallest absolute Gasteiger partial charge is 0.240 e. The molecule has 0 aromatic heterocycles. The van der Waals surface area contributed by atoms with Crippen molar-refractivity contribution in [3.63, 3.8) is 0 Å². The summed E-state index contributed by atoms with van der Waals surface area (Å²) >= 11 is 0. The zero-order valence-electron chi connectivity index (χ0n) is 20.6.